The molecule has 10 nitrogen and oxygen atoms in total. The Bertz CT molecular complexity index is 957. The van der Waals surface area contributed by atoms with Crippen LogP contribution in [0.3, 0.4) is 0 Å². The summed E-state index contributed by atoms with van der Waals surface area (Å²) in [4.78, 5) is 24.1. The lowest BCUT2D eigenvalue weighted by Crippen LogP contribution is -2.79. The summed E-state index contributed by atoms with van der Waals surface area (Å²) in [5.74, 6) is -0.0473. The third-order valence-corrected chi connectivity index (χ3v) is 4.85. The fourth-order valence-electron chi connectivity index (χ4n) is 3.44. The summed E-state index contributed by atoms with van der Waals surface area (Å²) in [5.41, 5.74) is 4.32. The fourth-order valence-corrected chi connectivity index (χ4v) is 3.44. The zero-order valence-electron chi connectivity index (χ0n) is 12.9. The predicted octanol–water partition coefficient (Wildman–Crippen LogP) is 0.209. The molecule has 1 amide bonds. The van der Waals surface area contributed by atoms with E-state index in [4.69, 9.17) is 9.84 Å². The summed E-state index contributed by atoms with van der Waals surface area (Å²) in [7, 11) is 0. The van der Waals surface area contributed by atoms with Gasteiger partial charge in [0.05, 0.1) is 23.3 Å². The number of nitrogens with zero attached hydrogens (tertiary/aromatic N) is 6. The molecule has 2 atom stereocenters. The Morgan fingerprint density at radius 3 is 2.64 bits per heavy atom. The zero-order chi connectivity index (χ0) is 17.0. The molecule has 0 spiro atoms. The van der Waals surface area contributed by atoms with Crippen molar-refractivity contribution in [3.05, 3.63) is 36.2 Å². The normalized spacial score (nSPS) is 21.5. The Morgan fingerprint density at radius 2 is 1.92 bits per heavy atom. The molecule has 0 saturated carbocycles. The largest absolute Gasteiger partial charge is 0.361 e. The lowest BCUT2D eigenvalue weighted by molar-refractivity contribution is 0.0705. The number of carbonyl (C=O) groups is 1. The molecule has 126 valence electrons. The molecule has 2 aliphatic rings. The number of fused-ring (bicyclic) bond motifs is 2. The van der Waals surface area contributed by atoms with Crippen LogP contribution in [0.5, 0.6) is 0 Å². The number of rotatable bonds is 3. The maximum atomic E-state index is 11.3. The van der Waals surface area contributed by atoms with Crippen LogP contribution < -0.4 is 15.3 Å². The van der Waals surface area contributed by atoms with Gasteiger partial charge in [-0.3, -0.25) is 10.0 Å². The summed E-state index contributed by atoms with van der Waals surface area (Å²) in [6, 6.07) is 6.53. The van der Waals surface area contributed by atoms with Crippen LogP contribution in [-0.4, -0.2) is 56.6 Å². The van der Waals surface area contributed by atoms with E-state index in [2.05, 4.69) is 30.1 Å². The first-order chi connectivity index (χ1) is 12.3. The van der Waals surface area contributed by atoms with Gasteiger partial charge in [0.15, 0.2) is 5.52 Å². The highest BCUT2D eigenvalue weighted by atomic mass is 16.6. The smallest absolute Gasteiger partial charge is 0.277 e. The van der Waals surface area contributed by atoms with E-state index in [1.54, 1.807) is 5.48 Å². The van der Waals surface area contributed by atoms with Crippen LogP contribution in [0, 0.1) is 0 Å². The number of carbonyl (C=O) groups excluding carboxylic acids is 1. The number of anilines is 2. The molecule has 0 radical (unpaired) electrons. The van der Waals surface area contributed by atoms with Crippen LogP contribution in [-0.2, 0) is 0 Å². The van der Waals surface area contributed by atoms with Crippen LogP contribution >= 0.6 is 0 Å². The fraction of sp³-hybridized carbons (Fsp3) is 0.267. The second-order valence-corrected chi connectivity index (χ2v) is 6.06. The molecule has 3 aromatic rings. The molecule has 1 unspecified atom stereocenters. The van der Waals surface area contributed by atoms with Crippen molar-refractivity contribution in [2.75, 3.05) is 22.9 Å². The van der Waals surface area contributed by atoms with Gasteiger partial charge in [-0.1, -0.05) is 6.07 Å². The molecular weight excluding hydrogens is 326 g/mol. The van der Waals surface area contributed by atoms with Crippen molar-refractivity contribution in [1.82, 2.24) is 25.8 Å². The maximum absolute atomic E-state index is 11.3. The van der Waals surface area contributed by atoms with Crippen molar-refractivity contribution in [3.63, 3.8) is 0 Å². The van der Waals surface area contributed by atoms with Gasteiger partial charge in [-0.15, -0.1) is 0 Å². The van der Waals surface area contributed by atoms with Gasteiger partial charge in [0.2, 0.25) is 5.95 Å². The number of piperazine rings is 1. The number of aromatic nitrogens is 4. The molecular formula is C15H13N7O3. The highest BCUT2D eigenvalue weighted by Gasteiger charge is 2.53. The molecule has 25 heavy (non-hydrogen) atoms. The molecule has 2 saturated heterocycles. The van der Waals surface area contributed by atoms with Gasteiger partial charge in [-0.2, -0.15) is 0 Å². The highest BCUT2D eigenvalue weighted by Crippen LogP contribution is 2.40. The van der Waals surface area contributed by atoms with Crippen molar-refractivity contribution in [1.29, 1.82) is 0 Å². The summed E-state index contributed by atoms with van der Waals surface area (Å²) in [6.45, 7) is 1.62. The van der Waals surface area contributed by atoms with E-state index in [0.29, 0.717) is 18.0 Å². The van der Waals surface area contributed by atoms with Crippen molar-refractivity contribution in [2.24, 2.45) is 0 Å². The van der Waals surface area contributed by atoms with E-state index in [1.807, 2.05) is 18.2 Å². The van der Waals surface area contributed by atoms with Crippen LogP contribution in [0.1, 0.15) is 10.4 Å². The number of hydrogen-bond donors (Lipinski definition) is 2. The van der Waals surface area contributed by atoms with E-state index in [1.165, 1.54) is 12.4 Å². The topological polar surface area (TPSA) is 121 Å². The van der Waals surface area contributed by atoms with Gasteiger partial charge in [-0.25, -0.2) is 20.1 Å². The summed E-state index contributed by atoms with van der Waals surface area (Å²) in [5, 5.41) is 16.5. The predicted molar refractivity (Wildman–Crippen MR) is 85.4 cm³/mol. The van der Waals surface area contributed by atoms with Crippen LogP contribution in [0.4, 0.5) is 11.6 Å². The van der Waals surface area contributed by atoms with E-state index < -0.39 is 5.91 Å². The number of amides is 1. The SMILES string of the molecule is O=C(NO)c1cnc(N2C[C@@H]3C2CN3c2cccc3nonc23)nc1. The number of nitrogens with one attached hydrogen (secondary N) is 1. The van der Waals surface area contributed by atoms with Crippen molar-refractivity contribution in [2.45, 2.75) is 12.1 Å². The Labute approximate surface area is 141 Å². The van der Waals surface area contributed by atoms with E-state index in [0.717, 1.165) is 29.8 Å². The Hall–Kier alpha value is -3.27. The third kappa shape index (κ3) is 1.97. The molecule has 10 heteroatoms. The van der Waals surface area contributed by atoms with Crippen molar-refractivity contribution in [3.8, 4) is 0 Å². The maximum Gasteiger partial charge on any atom is 0.277 e. The second kappa shape index (κ2) is 5.11. The molecule has 2 aliphatic heterocycles. The average Bonchev–Trinajstić information content (AvgIpc) is 3.12. The Morgan fingerprint density at radius 1 is 1.16 bits per heavy atom. The molecule has 5 rings (SSSR count). The van der Waals surface area contributed by atoms with Gasteiger partial charge < -0.3 is 9.80 Å². The van der Waals surface area contributed by atoms with Crippen LogP contribution in [0.15, 0.2) is 35.2 Å². The second-order valence-electron chi connectivity index (χ2n) is 6.06. The first-order valence-corrected chi connectivity index (χ1v) is 7.77. The molecule has 1 aromatic carbocycles. The Balaban J connectivity index is 1.32. The monoisotopic (exact) mass is 339 g/mol. The molecule has 2 aromatic heterocycles. The number of benzene rings is 1. The van der Waals surface area contributed by atoms with E-state index in [-0.39, 0.29) is 5.56 Å². The lowest BCUT2D eigenvalue weighted by Gasteiger charge is -2.62. The standard InChI is InChI=1S/C15H13N7O3/c23-14(18-24)8-4-16-15(17-5-8)22-7-11-12(22)6-21(11)10-3-1-2-9-13(10)20-25-19-9/h1-5,11-12,24H,6-7H2,(H,18,23)/t11-,12?/m1/s1. The molecule has 4 heterocycles. The van der Waals surface area contributed by atoms with Gasteiger partial charge in [-0.05, 0) is 22.4 Å². The van der Waals surface area contributed by atoms with Gasteiger partial charge in [0.25, 0.3) is 5.91 Å². The van der Waals surface area contributed by atoms with Gasteiger partial charge in [0.1, 0.15) is 5.52 Å². The minimum atomic E-state index is -0.628. The zero-order valence-corrected chi connectivity index (χ0v) is 12.9. The molecule has 2 fully saturated rings. The van der Waals surface area contributed by atoms with Crippen molar-refractivity contribution >= 4 is 28.6 Å². The third-order valence-electron chi connectivity index (χ3n) is 4.85. The van der Waals surface area contributed by atoms with Crippen LogP contribution in [0.25, 0.3) is 11.0 Å². The summed E-state index contributed by atoms with van der Waals surface area (Å²) < 4.78 is 4.83. The summed E-state index contributed by atoms with van der Waals surface area (Å²) >= 11 is 0. The minimum Gasteiger partial charge on any atom is -0.361 e. The Kier molecular flexibility index (Phi) is 2.88. The van der Waals surface area contributed by atoms with Crippen molar-refractivity contribution < 1.29 is 14.6 Å². The van der Waals surface area contributed by atoms with Gasteiger partial charge >= 0.3 is 0 Å². The molecule has 0 bridgehead atoms. The van der Waals surface area contributed by atoms with Gasteiger partial charge in [0, 0.05) is 25.5 Å². The lowest BCUT2D eigenvalue weighted by atomic mass is 9.85. The van der Waals surface area contributed by atoms with E-state index in [9.17, 15) is 4.79 Å². The number of hydroxylamine groups is 1. The average molecular weight is 339 g/mol. The van der Waals surface area contributed by atoms with E-state index >= 15 is 0 Å². The minimum absolute atomic E-state index is 0.212. The number of hydrogen-bond acceptors (Lipinski definition) is 9. The first-order valence-electron chi connectivity index (χ1n) is 7.77. The highest BCUT2D eigenvalue weighted by molar-refractivity contribution is 5.92. The summed E-state index contributed by atoms with van der Waals surface area (Å²) in [6.07, 6.45) is 2.80. The van der Waals surface area contributed by atoms with Crippen LogP contribution in [0.2, 0.25) is 0 Å². The molecule has 2 N–H and O–H groups in total. The molecule has 0 aliphatic carbocycles. The first kappa shape index (κ1) is 14.1. The quantitative estimate of drug-likeness (QED) is 0.509.